The molecule has 6 heteroatoms. The summed E-state index contributed by atoms with van der Waals surface area (Å²) in [5.74, 6) is 1.23. The highest BCUT2D eigenvalue weighted by Crippen LogP contribution is 2.22. The molecule has 0 atom stereocenters. The normalized spacial score (nSPS) is 10.7. The van der Waals surface area contributed by atoms with E-state index in [1.807, 2.05) is 91.5 Å². The van der Waals surface area contributed by atoms with Crippen molar-refractivity contribution in [3.8, 4) is 17.3 Å². The van der Waals surface area contributed by atoms with Crippen molar-refractivity contribution in [2.24, 2.45) is 0 Å². The van der Waals surface area contributed by atoms with Gasteiger partial charge in [0.1, 0.15) is 11.3 Å². The summed E-state index contributed by atoms with van der Waals surface area (Å²) in [6.45, 7) is 4.57. The van der Waals surface area contributed by atoms with E-state index in [0.717, 1.165) is 17.0 Å². The van der Waals surface area contributed by atoms with Gasteiger partial charge in [-0.25, -0.2) is 4.68 Å². The molecule has 6 nitrogen and oxygen atoms in total. The van der Waals surface area contributed by atoms with Crippen LogP contribution in [-0.2, 0) is 0 Å². The highest BCUT2D eigenvalue weighted by molar-refractivity contribution is 6.06. The van der Waals surface area contributed by atoms with Crippen LogP contribution in [0.3, 0.4) is 0 Å². The van der Waals surface area contributed by atoms with Gasteiger partial charge in [0, 0.05) is 18.1 Å². The Bertz CT molecular complexity index is 1100. The van der Waals surface area contributed by atoms with E-state index >= 15 is 0 Å². The summed E-state index contributed by atoms with van der Waals surface area (Å²) < 4.78 is 9.11. The van der Waals surface area contributed by atoms with Crippen LogP contribution in [0, 0.1) is 6.92 Å². The molecule has 0 saturated carbocycles. The standard InChI is InChI=1S/C23H22N4O2/c1-3-29-20-12-8-18(9-13-20)25-22(28)21-16-24-27(19-10-6-17(2)7-11-19)23(21)26-14-4-5-15-26/h4-16H,3H2,1-2H3,(H,25,28). The Labute approximate surface area is 169 Å². The lowest BCUT2D eigenvalue weighted by Crippen LogP contribution is -2.15. The predicted octanol–water partition coefficient (Wildman–Crippen LogP) is 4.62. The van der Waals surface area contributed by atoms with Crippen molar-refractivity contribution in [3.63, 3.8) is 0 Å². The molecule has 1 amide bonds. The number of hydrogen-bond donors (Lipinski definition) is 1. The minimum atomic E-state index is -0.226. The molecule has 2 aromatic heterocycles. The Kier molecular flexibility index (Phi) is 5.16. The van der Waals surface area contributed by atoms with Gasteiger partial charge in [-0.3, -0.25) is 4.79 Å². The Morgan fingerprint density at radius 2 is 1.72 bits per heavy atom. The average molecular weight is 386 g/mol. The summed E-state index contributed by atoms with van der Waals surface area (Å²) in [5.41, 5.74) is 3.23. The van der Waals surface area contributed by atoms with Crippen LogP contribution in [0.4, 0.5) is 5.69 Å². The van der Waals surface area contributed by atoms with Gasteiger partial charge in [0.2, 0.25) is 0 Å². The second-order valence-corrected chi connectivity index (χ2v) is 6.63. The van der Waals surface area contributed by atoms with Gasteiger partial charge in [0.25, 0.3) is 5.91 Å². The summed E-state index contributed by atoms with van der Waals surface area (Å²) in [5, 5.41) is 7.43. The number of amides is 1. The SMILES string of the molecule is CCOc1ccc(NC(=O)c2cnn(-c3ccc(C)cc3)c2-n2cccc2)cc1. The molecule has 1 N–H and O–H groups in total. The number of rotatable bonds is 6. The topological polar surface area (TPSA) is 61.1 Å². The molecule has 0 saturated heterocycles. The Balaban J connectivity index is 1.68. The lowest BCUT2D eigenvalue weighted by atomic mass is 10.2. The lowest BCUT2D eigenvalue weighted by molar-refractivity contribution is 0.102. The monoisotopic (exact) mass is 386 g/mol. The number of anilines is 1. The second-order valence-electron chi connectivity index (χ2n) is 6.63. The molecular weight excluding hydrogens is 364 g/mol. The van der Waals surface area contributed by atoms with Gasteiger partial charge >= 0.3 is 0 Å². The number of aromatic nitrogens is 3. The van der Waals surface area contributed by atoms with E-state index in [0.29, 0.717) is 23.7 Å². The molecule has 29 heavy (non-hydrogen) atoms. The van der Waals surface area contributed by atoms with Crippen LogP contribution in [-0.4, -0.2) is 26.9 Å². The van der Waals surface area contributed by atoms with E-state index in [1.165, 1.54) is 0 Å². The number of ether oxygens (including phenoxy) is 1. The van der Waals surface area contributed by atoms with Crippen LogP contribution < -0.4 is 10.1 Å². The molecule has 0 fully saturated rings. The predicted molar refractivity (Wildman–Crippen MR) is 113 cm³/mol. The van der Waals surface area contributed by atoms with Crippen molar-refractivity contribution in [1.82, 2.24) is 14.3 Å². The van der Waals surface area contributed by atoms with Gasteiger partial charge in [-0.2, -0.15) is 5.10 Å². The molecule has 4 rings (SSSR count). The molecule has 0 unspecified atom stereocenters. The first kappa shape index (κ1) is 18.6. The first-order valence-corrected chi connectivity index (χ1v) is 9.48. The van der Waals surface area contributed by atoms with Crippen LogP contribution in [0.25, 0.3) is 11.5 Å². The average Bonchev–Trinajstić information content (AvgIpc) is 3.40. The maximum atomic E-state index is 13.0. The molecule has 0 aliphatic heterocycles. The van der Waals surface area contributed by atoms with E-state index in [1.54, 1.807) is 10.9 Å². The second kappa shape index (κ2) is 8.06. The minimum absolute atomic E-state index is 0.226. The molecule has 146 valence electrons. The maximum Gasteiger partial charge on any atom is 0.261 e. The number of carbonyl (C=O) groups is 1. The highest BCUT2D eigenvalue weighted by atomic mass is 16.5. The Morgan fingerprint density at radius 1 is 1.03 bits per heavy atom. The first-order valence-electron chi connectivity index (χ1n) is 9.48. The maximum absolute atomic E-state index is 13.0. The van der Waals surface area contributed by atoms with Crippen molar-refractivity contribution < 1.29 is 9.53 Å². The van der Waals surface area contributed by atoms with E-state index in [9.17, 15) is 4.79 Å². The van der Waals surface area contributed by atoms with E-state index in [4.69, 9.17) is 4.74 Å². The van der Waals surface area contributed by atoms with E-state index in [2.05, 4.69) is 10.4 Å². The Morgan fingerprint density at radius 3 is 2.38 bits per heavy atom. The minimum Gasteiger partial charge on any atom is -0.494 e. The van der Waals surface area contributed by atoms with Crippen molar-refractivity contribution in [2.75, 3.05) is 11.9 Å². The van der Waals surface area contributed by atoms with Gasteiger partial charge in [0.05, 0.1) is 18.5 Å². The third-order valence-electron chi connectivity index (χ3n) is 4.54. The molecule has 4 aromatic rings. The molecule has 0 aliphatic carbocycles. The number of nitrogens with zero attached hydrogens (tertiary/aromatic N) is 3. The zero-order chi connectivity index (χ0) is 20.2. The van der Waals surface area contributed by atoms with E-state index in [-0.39, 0.29) is 5.91 Å². The zero-order valence-corrected chi connectivity index (χ0v) is 16.4. The summed E-state index contributed by atoms with van der Waals surface area (Å²) in [6, 6.07) is 19.2. The molecule has 2 aromatic carbocycles. The summed E-state index contributed by atoms with van der Waals surface area (Å²) in [7, 11) is 0. The molecule has 0 radical (unpaired) electrons. The van der Waals surface area contributed by atoms with Crippen LogP contribution in [0.1, 0.15) is 22.8 Å². The fourth-order valence-corrected chi connectivity index (χ4v) is 3.10. The molecule has 0 spiro atoms. The number of benzene rings is 2. The van der Waals surface area contributed by atoms with Gasteiger partial charge in [0.15, 0.2) is 5.82 Å². The van der Waals surface area contributed by atoms with Gasteiger partial charge < -0.3 is 14.6 Å². The first-order chi connectivity index (χ1) is 14.2. The fraction of sp³-hybridized carbons (Fsp3) is 0.130. The van der Waals surface area contributed by atoms with Crippen molar-refractivity contribution >= 4 is 11.6 Å². The largest absolute Gasteiger partial charge is 0.494 e. The fourth-order valence-electron chi connectivity index (χ4n) is 3.10. The zero-order valence-electron chi connectivity index (χ0n) is 16.4. The summed E-state index contributed by atoms with van der Waals surface area (Å²) >= 11 is 0. The smallest absolute Gasteiger partial charge is 0.261 e. The van der Waals surface area contributed by atoms with Crippen LogP contribution in [0.15, 0.2) is 79.3 Å². The third kappa shape index (κ3) is 3.91. The lowest BCUT2D eigenvalue weighted by Gasteiger charge is -2.12. The van der Waals surface area contributed by atoms with E-state index < -0.39 is 0 Å². The van der Waals surface area contributed by atoms with Crippen LogP contribution >= 0.6 is 0 Å². The van der Waals surface area contributed by atoms with Gasteiger partial charge in [-0.15, -0.1) is 0 Å². The van der Waals surface area contributed by atoms with Crippen molar-refractivity contribution in [1.29, 1.82) is 0 Å². The van der Waals surface area contributed by atoms with Crippen LogP contribution in [0.2, 0.25) is 0 Å². The van der Waals surface area contributed by atoms with Crippen molar-refractivity contribution in [2.45, 2.75) is 13.8 Å². The van der Waals surface area contributed by atoms with Gasteiger partial charge in [-0.1, -0.05) is 17.7 Å². The molecule has 2 heterocycles. The van der Waals surface area contributed by atoms with Crippen molar-refractivity contribution in [3.05, 3.63) is 90.4 Å². The number of hydrogen-bond acceptors (Lipinski definition) is 3. The molecule has 0 aliphatic rings. The van der Waals surface area contributed by atoms with Gasteiger partial charge in [-0.05, 0) is 62.4 Å². The summed E-state index contributed by atoms with van der Waals surface area (Å²) in [6.07, 6.45) is 5.39. The van der Waals surface area contributed by atoms with Crippen LogP contribution in [0.5, 0.6) is 5.75 Å². The molecule has 0 bridgehead atoms. The quantitative estimate of drug-likeness (QED) is 0.526. The Hall–Kier alpha value is -3.80. The highest BCUT2D eigenvalue weighted by Gasteiger charge is 2.20. The number of aryl methyl sites for hydroxylation is 1. The molecular formula is C23H22N4O2. The number of nitrogens with one attached hydrogen (secondary N) is 1. The third-order valence-corrected chi connectivity index (χ3v) is 4.54. The number of carbonyl (C=O) groups excluding carboxylic acids is 1. The summed E-state index contributed by atoms with van der Waals surface area (Å²) in [4.78, 5) is 13.0.